The summed E-state index contributed by atoms with van der Waals surface area (Å²) in [4.78, 5) is 25.6. The second-order valence-electron chi connectivity index (χ2n) is 5.57. The maximum atomic E-state index is 12.9. The van der Waals surface area contributed by atoms with E-state index < -0.39 is 30.0 Å². The number of rotatable bonds is 6. The highest BCUT2D eigenvalue weighted by molar-refractivity contribution is 6.03. The van der Waals surface area contributed by atoms with Gasteiger partial charge in [-0.15, -0.1) is 0 Å². The predicted octanol–water partition coefficient (Wildman–Crippen LogP) is 1.48. The van der Waals surface area contributed by atoms with E-state index in [1.54, 1.807) is 0 Å². The molecule has 1 aromatic rings. The number of carbonyl (C=O) groups is 2. The number of carbonyl (C=O) groups excluding carboxylic acids is 2. The average molecular weight is 359 g/mol. The van der Waals surface area contributed by atoms with Crippen molar-refractivity contribution >= 4 is 17.5 Å². The first-order valence-corrected chi connectivity index (χ1v) is 7.89. The molecular formula is C16H20F3N3O3. The van der Waals surface area contributed by atoms with Crippen molar-refractivity contribution in [2.75, 3.05) is 44.7 Å². The topological polar surface area (TPSA) is 70.7 Å². The van der Waals surface area contributed by atoms with E-state index in [4.69, 9.17) is 4.74 Å². The van der Waals surface area contributed by atoms with Crippen LogP contribution in [0.15, 0.2) is 24.3 Å². The third-order valence-electron chi connectivity index (χ3n) is 3.68. The van der Waals surface area contributed by atoms with Crippen molar-refractivity contribution < 1.29 is 27.5 Å². The van der Waals surface area contributed by atoms with Crippen LogP contribution in [0.25, 0.3) is 0 Å². The monoisotopic (exact) mass is 359 g/mol. The molecule has 1 saturated heterocycles. The summed E-state index contributed by atoms with van der Waals surface area (Å²) in [5.74, 6) is -1.32. The number of ether oxygens (including phenoxy) is 1. The van der Waals surface area contributed by atoms with E-state index in [0.29, 0.717) is 26.3 Å². The highest BCUT2D eigenvalue weighted by atomic mass is 19.4. The van der Waals surface area contributed by atoms with E-state index in [1.165, 1.54) is 12.1 Å². The number of benzene rings is 1. The summed E-state index contributed by atoms with van der Waals surface area (Å²) in [6.45, 7) is 3.86. The third-order valence-corrected chi connectivity index (χ3v) is 3.68. The van der Waals surface area contributed by atoms with Crippen LogP contribution in [0, 0.1) is 0 Å². The molecule has 1 aromatic carbocycles. The minimum absolute atomic E-state index is 0.360. The molecule has 0 aliphatic carbocycles. The number of alkyl halides is 3. The largest absolute Gasteiger partial charge is 0.418 e. The van der Waals surface area contributed by atoms with Gasteiger partial charge in [0.05, 0.1) is 24.5 Å². The van der Waals surface area contributed by atoms with E-state index >= 15 is 0 Å². The standard InChI is InChI=1S/C16H20F3N3O3/c17-16(18,19)12-3-1-2-4-13(12)21-15(24)11-14(23)20-5-6-22-7-9-25-10-8-22/h1-4H,5-11H2,(H,20,23)(H,21,24). The highest BCUT2D eigenvalue weighted by Crippen LogP contribution is 2.34. The molecule has 6 nitrogen and oxygen atoms in total. The first-order valence-electron chi connectivity index (χ1n) is 7.89. The lowest BCUT2D eigenvalue weighted by Gasteiger charge is -2.26. The number of nitrogens with one attached hydrogen (secondary N) is 2. The Hall–Kier alpha value is -2.13. The summed E-state index contributed by atoms with van der Waals surface area (Å²) < 4.78 is 43.8. The molecule has 0 radical (unpaired) electrons. The van der Waals surface area contributed by atoms with Crippen LogP contribution in [0.3, 0.4) is 0 Å². The van der Waals surface area contributed by atoms with Crippen molar-refractivity contribution in [1.82, 2.24) is 10.2 Å². The predicted molar refractivity (Wildman–Crippen MR) is 85.0 cm³/mol. The van der Waals surface area contributed by atoms with Gasteiger partial charge in [0, 0.05) is 26.2 Å². The van der Waals surface area contributed by atoms with Crippen LogP contribution in [0.5, 0.6) is 0 Å². The molecule has 2 N–H and O–H groups in total. The lowest BCUT2D eigenvalue weighted by Crippen LogP contribution is -2.41. The lowest BCUT2D eigenvalue weighted by atomic mass is 10.1. The summed E-state index contributed by atoms with van der Waals surface area (Å²) in [7, 11) is 0. The van der Waals surface area contributed by atoms with Crippen LogP contribution in [0.2, 0.25) is 0 Å². The number of para-hydroxylation sites is 1. The molecule has 1 heterocycles. The van der Waals surface area contributed by atoms with Crippen molar-refractivity contribution in [2.24, 2.45) is 0 Å². The number of hydrogen-bond donors (Lipinski definition) is 2. The molecule has 1 fully saturated rings. The summed E-state index contributed by atoms with van der Waals surface area (Å²) >= 11 is 0. The minimum Gasteiger partial charge on any atom is -0.379 e. The first-order chi connectivity index (χ1) is 11.9. The smallest absolute Gasteiger partial charge is 0.379 e. The molecule has 1 aliphatic heterocycles. The molecule has 0 unspecified atom stereocenters. The Morgan fingerprint density at radius 3 is 2.48 bits per heavy atom. The second kappa shape index (κ2) is 8.82. The van der Waals surface area contributed by atoms with E-state index in [0.717, 1.165) is 25.2 Å². The van der Waals surface area contributed by atoms with Gasteiger partial charge in [-0.2, -0.15) is 13.2 Å². The van der Waals surface area contributed by atoms with Gasteiger partial charge in [-0.05, 0) is 12.1 Å². The zero-order valence-electron chi connectivity index (χ0n) is 13.6. The fourth-order valence-electron chi connectivity index (χ4n) is 2.42. The molecule has 25 heavy (non-hydrogen) atoms. The summed E-state index contributed by atoms with van der Waals surface area (Å²) in [5, 5.41) is 4.73. The fraction of sp³-hybridized carbons (Fsp3) is 0.500. The van der Waals surface area contributed by atoms with Crippen LogP contribution < -0.4 is 10.6 Å². The number of nitrogens with zero attached hydrogens (tertiary/aromatic N) is 1. The van der Waals surface area contributed by atoms with Gasteiger partial charge in [-0.3, -0.25) is 14.5 Å². The Morgan fingerprint density at radius 1 is 1.12 bits per heavy atom. The van der Waals surface area contributed by atoms with Crippen LogP contribution >= 0.6 is 0 Å². The van der Waals surface area contributed by atoms with Crippen LogP contribution in [0.1, 0.15) is 12.0 Å². The van der Waals surface area contributed by atoms with Crippen molar-refractivity contribution in [3.8, 4) is 0 Å². The van der Waals surface area contributed by atoms with Gasteiger partial charge in [0.15, 0.2) is 0 Å². The summed E-state index contributed by atoms with van der Waals surface area (Å²) in [6.07, 6.45) is -5.11. The van der Waals surface area contributed by atoms with E-state index in [1.807, 2.05) is 0 Å². The quantitative estimate of drug-likeness (QED) is 0.755. The van der Waals surface area contributed by atoms with Gasteiger partial charge < -0.3 is 15.4 Å². The molecule has 2 rings (SSSR count). The van der Waals surface area contributed by atoms with Crippen LogP contribution in [0.4, 0.5) is 18.9 Å². The van der Waals surface area contributed by atoms with Crippen molar-refractivity contribution in [3.63, 3.8) is 0 Å². The van der Waals surface area contributed by atoms with Gasteiger partial charge in [-0.25, -0.2) is 0 Å². The van der Waals surface area contributed by atoms with Crippen molar-refractivity contribution in [1.29, 1.82) is 0 Å². The van der Waals surface area contributed by atoms with E-state index in [2.05, 4.69) is 15.5 Å². The van der Waals surface area contributed by atoms with Gasteiger partial charge in [0.2, 0.25) is 11.8 Å². The zero-order chi connectivity index (χ0) is 18.3. The molecule has 0 saturated carbocycles. The molecule has 138 valence electrons. The summed E-state index contributed by atoms with van der Waals surface area (Å²) in [6, 6.07) is 4.64. The maximum absolute atomic E-state index is 12.9. The Bertz CT molecular complexity index is 602. The molecule has 0 aromatic heterocycles. The molecule has 9 heteroatoms. The van der Waals surface area contributed by atoms with Crippen LogP contribution in [-0.2, 0) is 20.5 Å². The molecule has 0 bridgehead atoms. The maximum Gasteiger partial charge on any atom is 0.418 e. The lowest BCUT2D eigenvalue weighted by molar-refractivity contribution is -0.137. The normalized spacial score (nSPS) is 15.6. The molecule has 1 aliphatic rings. The molecule has 0 spiro atoms. The molecule has 0 atom stereocenters. The van der Waals surface area contributed by atoms with Crippen molar-refractivity contribution in [2.45, 2.75) is 12.6 Å². The van der Waals surface area contributed by atoms with Gasteiger partial charge in [-0.1, -0.05) is 12.1 Å². The van der Waals surface area contributed by atoms with E-state index in [-0.39, 0.29) is 5.69 Å². The Labute approximate surface area is 143 Å². The number of hydrogen-bond acceptors (Lipinski definition) is 4. The SMILES string of the molecule is O=C(CC(=O)Nc1ccccc1C(F)(F)F)NCCN1CCOCC1. The van der Waals surface area contributed by atoms with Gasteiger partial charge in [0.25, 0.3) is 0 Å². The fourth-order valence-corrected chi connectivity index (χ4v) is 2.42. The number of amides is 2. The third kappa shape index (κ3) is 6.35. The number of anilines is 1. The van der Waals surface area contributed by atoms with Crippen molar-refractivity contribution in [3.05, 3.63) is 29.8 Å². The van der Waals surface area contributed by atoms with Gasteiger partial charge in [0.1, 0.15) is 6.42 Å². The second-order valence-corrected chi connectivity index (χ2v) is 5.57. The van der Waals surface area contributed by atoms with Gasteiger partial charge >= 0.3 is 6.18 Å². The molecular weight excluding hydrogens is 339 g/mol. The minimum atomic E-state index is -4.58. The highest BCUT2D eigenvalue weighted by Gasteiger charge is 2.33. The van der Waals surface area contributed by atoms with Crippen LogP contribution in [-0.4, -0.2) is 56.1 Å². The first kappa shape index (κ1) is 19.2. The Kier molecular flexibility index (Phi) is 6.77. The number of halogens is 3. The molecule has 2 amide bonds. The summed E-state index contributed by atoms with van der Waals surface area (Å²) in [5.41, 5.74) is -1.31. The average Bonchev–Trinajstić information content (AvgIpc) is 2.55. The Morgan fingerprint density at radius 2 is 1.80 bits per heavy atom. The number of morpholine rings is 1. The Balaban J connectivity index is 1.77. The zero-order valence-corrected chi connectivity index (χ0v) is 13.6. The van der Waals surface area contributed by atoms with E-state index in [9.17, 15) is 22.8 Å².